The van der Waals surface area contributed by atoms with Crippen molar-refractivity contribution in [1.29, 1.82) is 5.26 Å². The van der Waals surface area contributed by atoms with Gasteiger partial charge < -0.3 is 5.11 Å². The Labute approximate surface area is 125 Å². The molecule has 2 N–H and O–H groups in total. The van der Waals surface area contributed by atoms with Crippen LogP contribution in [0.15, 0.2) is 46.7 Å². The van der Waals surface area contributed by atoms with Crippen LogP contribution in [0.1, 0.15) is 16.5 Å². The number of nitrogens with zero attached hydrogens (tertiary/aromatic N) is 1. The second kappa shape index (κ2) is 6.05. The highest BCUT2D eigenvalue weighted by molar-refractivity contribution is 7.89. The lowest BCUT2D eigenvalue weighted by atomic mass is 10.2. The highest BCUT2D eigenvalue weighted by atomic mass is 32.2. The quantitative estimate of drug-likeness (QED) is 0.871. The Morgan fingerprint density at radius 3 is 2.57 bits per heavy atom. The van der Waals surface area contributed by atoms with Crippen molar-refractivity contribution in [2.75, 3.05) is 0 Å². The van der Waals surface area contributed by atoms with E-state index in [2.05, 4.69) is 4.72 Å². The zero-order valence-corrected chi connectivity index (χ0v) is 12.2. The zero-order valence-electron chi connectivity index (χ0n) is 10.6. The van der Waals surface area contributed by atoms with Gasteiger partial charge in [0.25, 0.3) is 0 Å². The Morgan fingerprint density at radius 2 is 2.00 bits per heavy atom. The summed E-state index contributed by atoms with van der Waals surface area (Å²) in [6.45, 7) is 0. The molecular weight excluding hydrogens is 312 g/mol. The summed E-state index contributed by atoms with van der Waals surface area (Å²) >= 11 is 1.13. The van der Waals surface area contributed by atoms with Crippen molar-refractivity contribution in [2.24, 2.45) is 0 Å². The summed E-state index contributed by atoms with van der Waals surface area (Å²) in [5, 5.41) is 19.8. The number of benzene rings is 1. The van der Waals surface area contributed by atoms with Gasteiger partial charge in [-0.3, -0.25) is 4.79 Å². The SMILES string of the molecule is N#Cc1ccccc1S(=O)(=O)NC(C(=O)O)c1cccs1. The summed E-state index contributed by atoms with van der Waals surface area (Å²) in [7, 11) is -4.12. The number of carboxylic acids is 1. The molecule has 0 aliphatic rings. The van der Waals surface area contributed by atoms with Crippen LogP contribution in [0, 0.1) is 11.3 Å². The van der Waals surface area contributed by atoms with Gasteiger partial charge in [-0.2, -0.15) is 9.98 Å². The molecule has 2 rings (SSSR count). The third-order valence-corrected chi connectivity index (χ3v) is 5.06. The minimum Gasteiger partial charge on any atom is -0.480 e. The lowest BCUT2D eigenvalue weighted by Crippen LogP contribution is -2.33. The van der Waals surface area contributed by atoms with E-state index >= 15 is 0 Å². The number of rotatable bonds is 5. The van der Waals surface area contributed by atoms with Gasteiger partial charge in [0, 0.05) is 4.88 Å². The van der Waals surface area contributed by atoms with Gasteiger partial charge in [0.2, 0.25) is 10.0 Å². The molecule has 0 aliphatic carbocycles. The van der Waals surface area contributed by atoms with Crippen LogP contribution < -0.4 is 4.72 Å². The molecule has 8 heteroatoms. The van der Waals surface area contributed by atoms with E-state index in [-0.39, 0.29) is 10.5 Å². The smallest absolute Gasteiger partial charge is 0.327 e. The van der Waals surface area contributed by atoms with Crippen LogP contribution in [-0.2, 0) is 14.8 Å². The molecule has 1 aromatic carbocycles. The Morgan fingerprint density at radius 1 is 1.29 bits per heavy atom. The Kier molecular flexibility index (Phi) is 4.37. The Hall–Kier alpha value is -2.21. The molecule has 1 heterocycles. The van der Waals surface area contributed by atoms with E-state index in [1.54, 1.807) is 17.5 Å². The fourth-order valence-corrected chi connectivity index (χ4v) is 3.87. The molecule has 1 unspecified atom stereocenters. The minimum absolute atomic E-state index is 0.0414. The molecule has 2 aromatic rings. The lowest BCUT2D eigenvalue weighted by molar-refractivity contribution is -0.139. The number of nitriles is 1. The second-order valence-corrected chi connectivity index (χ2v) is 6.68. The summed E-state index contributed by atoms with van der Waals surface area (Å²) < 4.78 is 26.7. The molecule has 21 heavy (non-hydrogen) atoms. The number of nitrogens with one attached hydrogen (secondary N) is 1. The number of aliphatic carboxylic acids is 1. The number of carbonyl (C=O) groups is 1. The number of hydrogen-bond acceptors (Lipinski definition) is 5. The highest BCUT2D eigenvalue weighted by Gasteiger charge is 2.28. The van der Waals surface area contributed by atoms with E-state index < -0.39 is 22.0 Å². The third-order valence-electron chi connectivity index (χ3n) is 2.64. The number of thiophene rings is 1. The average molecular weight is 322 g/mol. The fraction of sp³-hybridized carbons (Fsp3) is 0.0769. The van der Waals surface area contributed by atoms with Crippen LogP contribution in [-0.4, -0.2) is 19.5 Å². The van der Waals surface area contributed by atoms with Crippen LogP contribution in [0.5, 0.6) is 0 Å². The molecule has 0 spiro atoms. The van der Waals surface area contributed by atoms with Crippen molar-refractivity contribution in [1.82, 2.24) is 4.72 Å². The second-order valence-electron chi connectivity index (χ2n) is 4.02. The first-order chi connectivity index (χ1) is 9.95. The van der Waals surface area contributed by atoms with Crippen LogP contribution in [0.2, 0.25) is 0 Å². The lowest BCUT2D eigenvalue weighted by Gasteiger charge is -2.14. The molecule has 1 atom stereocenters. The zero-order chi connectivity index (χ0) is 15.5. The number of carboxylic acid groups (broad SMARTS) is 1. The molecular formula is C13H10N2O4S2. The predicted molar refractivity (Wildman–Crippen MR) is 76.2 cm³/mol. The standard InChI is InChI=1S/C13H10N2O4S2/c14-8-9-4-1-2-6-11(9)21(18,19)15-12(13(16)17)10-5-3-7-20-10/h1-7,12,15H,(H,16,17). The fourth-order valence-electron chi connectivity index (χ4n) is 1.70. The van der Waals surface area contributed by atoms with Gasteiger partial charge in [-0.25, -0.2) is 8.42 Å². The first kappa shape index (κ1) is 15.2. The van der Waals surface area contributed by atoms with Gasteiger partial charge >= 0.3 is 5.97 Å². The largest absolute Gasteiger partial charge is 0.480 e. The minimum atomic E-state index is -4.12. The normalized spacial score (nSPS) is 12.5. The van der Waals surface area contributed by atoms with Gasteiger partial charge in [0.15, 0.2) is 6.04 Å². The molecule has 0 bridgehead atoms. The van der Waals surface area contributed by atoms with Crippen LogP contribution in [0.3, 0.4) is 0 Å². The van der Waals surface area contributed by atoms with Crippen molar-refractivity contribution >= 4 is 27.3 Å². The van der Waals surface area contributed by atoms with Gasteiger partial charge in [-0.1, -0.05) is 18.2 Å². The molecule has 0 saturated carbocycles. The van der Waals surface area contributed by atoms with Crippen LogP contribution >= 0.6 is 11.3 Å². The molecule has 108 valence electrons. The van der Waals surface area contributed by atoms with Gasteiger partial charge in [-0.15, -0.1) is 11.3 Å². The molecule has 0 radical (unpaired) electrons. The average Bonchev–Trinajstić information content (AvgIpc) is 2.98. The molecule has 0 saturated heterocycles. The van der Waals surface area contributed by atoms with Gasteiger partial charge in [-0.05, 0) is 23.6 Å². The van der Waals surface area contributed by atoms with Crippen LogP contribution in [0.25, 0.3) is 0 Å². The predicted octanol–water partition coefficient (Wildman–Crippen LogP) is 1.72. The molecule has 0 amide bonds. The first-order valence-corrected chi connectivity index (χ1v) is 8.09. The van der Waals surface area contributed by atoms with Gasteiger partial charge in [0.1, 0.15) is 6.07 Å². The van der Waals surface area contributed by atoms with E-state index in [0.29, 0.717) is 4.88 Å². The highest BCUT2D eigenvalue weighted by Crippen LogP contribution is 2.23. The monoisotopic (exact) mass is 322 g/mol. The number of sulfonamides is 1. The molecule has 0 aliphatic heterocycles. The maximum Gasteiger partial charge on any atom is 0.327 e. The molecule has 6 nitrogen and oxygen atoms in total. The number of hydrogen-bond donors (Lipinski definition) is 2. The molecule has 0 fully saturated rings. The summed E-state index contributed by atoms with van der Waals surface area (Å²) in [5.41, 5.74) is -0.0414. The summed E-state index contributed by atoms with van der Waals surface area (Å²) in [4.78, 5) is 11.4. The van der Waals surface area contributed by atoms with Crippen molar-refractivity contribution in [2.45, 2.75) is 10.9 Å². The Bertz CT molecular complexity index is 792. The van der Waals surface area contributed by atoms with Crippen LogP contribution in [0.4, 0.5) is 0 Å². The van der Waals surface area contributed by atoms with Gasteiger partial charge in [0.05, 0.1) is 10.5 Å². The van der Waals surface area contributed by atoms with E-state index in [1.165, 1.54) is 30.3 Å². The maximum absolute atomic E-state index is 12.3. The van der Waals surface area contributed by atoms with Crippen molar-refractivity contribution in [3.63, 3.8) is 0 Å². The van der Waals surface area contributed by atoms with E-state index in [9.17, 15) is 18.3 Å². The van der Waals surface area contributed by atoms with Crippen molar-refractivity contribution < 1.29 is 18.3 Å². The van der Waals surface area contributed by atoms with E-state index in [1.807, 2.05) is 0 Å². The topological polar surface area (TPSA) is 107 Å². The Balaban J connectivity index is 2.41. The third kappa shape index (κ3) is 3.28. The summed E-state index contributed by atoms with van der Waals surface area (Å²) in [5.74, 6) is -1.31. The van der Waals surface area contributed by atoms with Crippen molar-refractivity contribution in [3.8, 4) is 6.07 Å². The first-order valence-electron chi connectivity index (χ1n) is 5.73. The van der Waals surface area contributed by atoms with E-state index in [0.717, 1.165) is 11.3 Å². The summed E-state index contributed by atoms with van der Waals surface area (Å²) in [6.07, 6.45) is 0. The maximum atomic E-state index is 12.3. The summed E-state index contributed by atoms with van der Waals surface area (Å²) in [6, 6.07) is 9.17. The van der Waals surface area contributed by atoms with E-state index in [4.69, 9.17) is 5.26 Å². The van der Waals surface area contributed by atoms with Crippen molar-refractivity contribution in [3.05, 3.63) is 52.2 Å². The molecule has 1 aromatic heterocycles.